The molecule has 1 N–H and O–H groups in total. The third kappa shape index (κ3) is 4.48. The number of carbonyl (C=O) groups excluding carboxylic acids is 1. The van der Waals surface area contributed by atoms with E-state index in [1.165, 1.54) is 6.42 Å². The molecule has 1 aliphatic heterocycles. The Balaban J connectivity index is 2.29. The highest BCUT2D eigenvalue weighted by molar-refractivity contribution is 5.67. The molecule has 1 amide bonds. The number of piperidine rings is 1. The van der Waals surface area contributed by atoms with E-state index in [-0.39, 0.29) is 6.09 Å². The molecular formula is C14H28N2O2. The van der Waals surface area contributed by atoms with Crippen molar-refractivity contribution in [3.8, 4) is 0 Å². The minimum atomic E-state index is -0.161. The zero-order valence-electron chi connectivity index (χ0n) is 12.2. The molecule has 0 spiro atoms. The van der Waals surface area contributed by atoms with Crippen LogP contribution in [0.4, 0.5) is 4.79 Å². The standard InChI is InChI=1S/C14H28N2O2/c1-5-11(3)12(4)15-13-7-9-16(10-8-13)14(17)18-6-2/h11-13,15H,5-10H2,1-4H3. The van der Waals surface area contributed by atoms with E-state index in [0.29, 0.717) is 24.6 Å². The molecule has 0 bridgehead atoms. The van der Waals surface area contributed by atoms with Gasteiger partial charge in [-0.05, 0) is 32.6 Å². The van der Waals surface area contributed by atoms with E-state index in [0.717, 1.165) is 25.9 Å². The van der Waals surface area contributed by atoms with Crippen LogP contribution < -0.4 is 5.32 Å². The summed E-state index contributed by atoms with van der Waals surface area (Å²) >= 11 is 0. The predicted octanol–water partition coefficient (Wildman–Crippen LogP) is 2.63. The molecule has 1 aliphatic rings. The van der Waals surface area contributed by atoms with Gasteiger partial charge in [-0.25, -0.2) is 4.79 Å². The van der Waals surface area contributed by atoms with Gasteiger partial charge in [0.15, 0.2) is 0 Å². The van der Waals surface area contributed by atoms with E-state index in [4.69, 9.17) is 4.74 Å². The summed E-state index contributed by atoms with van der Waals surface area (Å²) in [5.74, 6) is 0.702. The molecule has 1 fully saturated rings. The first-order valence-corrected chi connectivity index (χ1v) is 7.26. The lowest BCUT2D eigenvalue weighted by Crippen LogP contribution is -2.48. The van der Waals surface area contributed by atoms with Crippen molar-refractivity contribution in [2.24, 2.45) is 5.92 Å². The molecule has 1 saturated heterocycles. The van der Waals surface area contributed by atoms with Gasteiger partial charge in [0.25, 0.3) is 0 Å². The molecule has 4 nitrogen and oxygen atoms in total. The summed E-state index contributed by atoms with van der Waals surface area (Å²) in [7, 11) is 0. The molecule has 2 unspecified atom stereocenters. The van der Waals surface area contributed by atoms with Crippen molar-refractivity contribution in [1.29, 1.82) is 0 Å². The van der Waals surface area contributed by atoms with E-state index in [1.807, 2.05) is 11.8 Å². The van der Waals surface area contributed by atoms with Crippen LogP contribution in [0.25, 0.3) is 0 Å². The first-order valence-electron chi connectivity index (χ1n) is 7.26. The molecule has 1 heterocycles. The fraction of sp³-hybridized carbons (Fsp3) is 0.929. The average molecular weight is 256 g/mol. The van der Waals surface area contributed by atoms with Crippen molar-refractivity contribution in [1.82, 2.24) is 10.2 Å². The largest absolute Gasteiger partial charge is 0.450 e. The maximum atomic E-state index is 11.6. The molecule has 0 saturated carbocycles. The molecule has 0 aromatic rings. The highest BCUT2D eigenvalue weighted by atomic mass is 16.6. The van der Waals surface area contributed by atoms with Gasteiger partial charge >= 0.3 is 6.09 Å². The molecule has 0 radical (unpaired) electrons. The molecule has 1 rings (SSSR count). The van der Waals surface area contributed by atoms with Gasteiger partial charge in [0, 0.05) is 25.2 Å². The van der Waals surface area contributed by atoms with Gasteiger partial charge in [-0.2, -0.15) is 0 Å². The van der Waals surface area contributed by atoms with Crippen molar-refractivity contribution in [3.63, 3.8) is 0 Å². The van der Waals surface area contributed by atoms with Crippen LogP contribution in [0.1, 0.15) is 47.0 Å². The van der Waals surface area contributed by atoms with E-state index in [2.05, 4.69) is 26.1 Å². The lowest BCUT2D eigenvalue weighted by atomic mass is 9.97. The highest BCUT2D eigenvalue weighted by Gasteiger charge is 2.24. The molecule has 106 valence electrons. The number of hydrogen-bond acceptors (Lipinski definition) is 3. The number of nitrogens with one attached hydrogen (secondary N) is 1. The van der Waals surface area contributed by atoms with Gasteiger partial charge in [0.1, 0.15) is 0 Å². The molecule has 18 heavy (non-hydrogen) atoms. The summed E-state index contributed by atoms with van der Waals surface area (Å²) in [6.45, 7) is 10.7. The average Bonchev–Trinajstić information content (AvgIpc) is 2.38. The maximum Gasteiger partial charge on any atom is 0.409 e. The van der Waals surface area contributed by atoms with Crippen molar-refractivity contribution in [2.45, 2.75) is 59.0 Å². The molecule has 2 atom stereocenters. The minimum Gasteiger partial charge on any atom is -0.450 e. The van der Waals surface area contributed by atoms with Crippen LogP contribution in [0.2, 0.25) is 0 Å². The van der Waals surface area contributed by atoms with Crippen LogP contribution in [0.15, 0.2) is 0 Å². The van der Waals surface area contributed by atoms with Crippen LogP contribution in [0, 0.1) is 5.92 Å². The van der Waals surface area contributed by atoms with Gasteiger partial charge in [-0.1, -0.05) is 20.3 Å². The Morgan fingerprint density at radius 2 is 1.94 bits per heavy atom. The fourth-order valence-corrected chi connectivity index (χ4v) is 2.33. The van der Waals surface area contributed by atoms with Crippen molar-refractivity contribution >= 4 is 6.09 Å². The normalized spacial score (nSPS) is 20.6. The fourth-order valence-electron chi connectivity index (χ4n) is 2.33. The minimum absolute atomic E-state index is 0.161. The highest BCUT2D eigenvalue weighted by Crippen LogP contribution is 2.15. The van der Waals surface area contributed by atoms with Crippen LogP contribution >= 0.6 is 0 Å². The number of ether oxygens (including phenoxy) is 1. The predicted molar refractivity (Wildman–Crippen MR) is 73.7 cm³/mol. The Morgan fingerprint density at radius 3 is 2.44 bits per heavy atom. The van der Waals surface area contributed by atoms with Crippen molar-refractivity contribution < 1.29 is 9.53 Å². The summed E-state index contributed by atoms with van der Waals surface area (Å²) in [5, 5.41) is 3.68. The molecular weight excluding hydrogens is 228 g/mol. The van der Waals surface area contributed by atoms with Crippen LogP contribution in [-0.4, -0.2) is 42.8 Å². The van der Waals surface area contributed by atoms with E-state index in [9.17, 15) is 4.79 Å². The Labute approximate surface area is 111 Å². The third-order valence-electron chi connectivity index (χ3n) is 4.02. The SMILES string of the molecule is CCOC(=O)N1CCC(NC(C)C(C)CC)CC1. The summed E-state index contributed by atoms with van der Waals surface area (Å²) < 4.78 is 5.02. The van der Waals surface area contributed by atoms with Gasteiger partial charge in [-0.3, -0.25) is 0 Å². The van der Waals surface area contributed by atoms with Gasteiger partial charge < -0.3 is 15.0 Å². The van der Waals surface area contributed by atoms with Gasteiger partial charge in [0.05, 0.1) is 6.61 Å². The number of rotatable bonds is 5. The maximum absolute atomic E-state index is 11.6. The third-order valence-corrected chi connectivity index (χ3v) is 4.02. The molecule has 0 aliphatic carbocycles. The zero-order valence-corrected chi connectivity index (χ0v) is 12.2. The van der Waals surface area contributed by atoms with Crippen molar-refractivity contribution in [2.75, 3.05) is 19.7 Å². The second-order valence-corrected chi connectivity index (χ2v) is 5.30. The second kappa shape index (κ2) is 7.62. The topological polar surface area (TPSA) is 41.6 Å². The molecule has 0 aromatic heterocycles. The number of nitrogens with zero attached hydrogens (tertiary/aromatic N) is 1. The lowest BCUT2D eigenvalue weighted by Gasteiger charge is -2.34. The quantitative estimate of drug-likeness (QED) is 0.822. The monoisotopic (exact) mass is 256 g/mol. The van der Waals surface area contributed by atoms with Crippen LogP contribution in [0.5, 0.6) is 0 Å². The second-order valence-electron chi connectivity index (χ2n) is 5.30. The first-order chi connectivity index (χ1) is 8.58. The Morgan fingerprint density at radius 1 is 1.33 bits per heavy atom. The first kappa shape index (κ1) is 15.3. The summed E-state index contributed by atoms with van der Waals surface area (Å²) in [5.41, 5.74) is 0. The van der Waals surface area contributed by atoms with Crippen LogP contribution in [0.3, 0.4) is 0 Å². The number of amides is 1. The molecule has 0 aromatic carbocycles. The summed E-state index contributed by atoms with van der Waals surface area (Å²) in [6.07, 6.45) is 3.10. The van der Waals surface area contributed by atoms with Gasteiger partial charge in [-0.15, -0.1) is 0 Å². The smallest absolute Gasteiger partial charge is 0.409 e. The number of carbonyl (C=O) groups is 1. The number of hydrogen-bond donors (Lipinski definition) is 1. The Hall–Kier alpha value is -0.770. The summed E-state index contributed by atoms with van der Waals surface area (Å²) in [6, 6.07) is 1.09. The Kier molecular flexibility index (Phi) is 6.47. The zero-order chi connectivity index (χ0) is 13.5. The van der Waals surface area contributed by atoms with E-state index >= 15 is 0 Å². The van der Waals surface area contributed by atoms with Gasteiger partial charge in [0.2, 0.25) is 0 Å². The number of likely N-dealkylation sites (tertiary alicyclic amines) is 1. The van der Waals surface area contributed by atoms with Crippen LogP contribution in [-0.2, 0) is 4.74 Å². The van der Waals surface area contributed by atoms with Crippen molar-refractivity contribution in [3.05, 3.63) is 0 Å². The molecule has 4 heteroatoms. The van der Waals surface area contributed by atoms with E-state index < -0.39 is 0 Å². The Bertz CT molecular complexity index is 250. The lowest BCUT2D eigenvalue weighted by molar-refractivity contribution is 0.0936. The van der Waals surface area contributed by atoms with E-state index in [1.54, 1.807) is 0 Å². The summed E-state index contributed by atoms with van der Waals surface area (Å²) in [4.78, 5) is 13.4.